The number of nitrogens with zero attached hydrogens (tertiary/aromatic N) is 2. The van der Waals surface area contributed by atoms with Gasteiger partial charge in [-0.15, -0.1) is 11.6 Å². The van der Waals surface area contributed by atoms with Crippen molar-refractivity contribution < 1.29 is 4.74 Å². The van der Waals surface area contributed by atoms with Gasteiger partial charge in [0.25, 0.3) is 0 Å². The third kappa shape index (κ3) is 2.25. The molecule has 2 aromatic rings. The summed E-state index contributed by atoms with van der Waals surface area (Å²) in [6, 6.07) is 6.37. The van der Waals surface area contributed by atoms with Crippen molar-refractivity contribution in [1.82, 2.24) is 9.55 Å². The molecule has 0 unspecified atom stereocenters. The fourth-order valence-corrected chi connectivity index (χ4v) is 2.26. The van der Waals surface area contributed by atoms with E-state index in [9.17, 15) is 0 Å². The molecule has 2 rings (SSSR count). The van der Waals surface area contributed by atoms with Gasteiger partial charge < -0.3 is 9.30 Å². The van der Waals surface area contributed by atoms with E-state index in [2.05, 4.69) is 29.5 Å². The number of methoxy groups -OCH3 is 1. The van der Waals surface area contributed by atoms with E-state index in [0.717, 1.165) is 29.0 Å². The molecular weight excluding hydrogens is 236 g/mol. The summed E-state index contributed by atoms with van der Waals surface area (Å²) >= 11 is 5.82. The normalized spacial score (nSPS) is 11.4. The molecule has 0 amide bonds. The molecule has 0 aliphatic heterocycles. The molecule has 0 saturated carbocycles. The first-order valence-corrected chi connectivity index (χ1v) is 6.31. The molecule has 92 valence electrons. The summed E-state index contributed by atoms with van der Waals surface area (Å²) in [7, 11) is 1.67. The van der Waals surface area contributed by atoms with Gasteiger partial charge in [0.2, 0.25) is 0 Å². The van der Waals surface area contributed by atoms with E-state index < -0.39 is 0 Å². The highest BCUT2D eigenvalue weighted by Gasteiger charge is 2.13. The monoisotopic (exact) mass is 252 g/mol. The molecule has 0 spiro atoms. The minimum absolute atomic E-state index is 0.381. The number of halogens is 1. The van der Waals surface area contributed by atoms with Gasteiger partial charge in [0, 0.05) is 24.4 Å². The van der Waals surface area contributed by atoms with Gasteiger partial charge in [-0.25, -0.2) is 4.98 Å². The first kappa shape index (κ1) is 12.2. The van der Waals surface area contributed by atoms with E-state index >= 15 is 0 Å². The minimum Gasteiger partial charge on any atom is -0.497 e. The Labute approximate surface area is 106 Å². The summed E-state index contributed by atoms with van der Waals surface area (Å²) < 4.78 is 7.45. The number of benzene rings is 1. The molecule has 0 bridgehead atoms. The van der Waals surface area contributed by atoms with Crippen LogP contribution in [0.2, 0.25) is 0 Å². The van der Waals surface area contributed by atoms with Crippen LogP contribution in [0.15, 0.2) is 18.2 Å². The van der Waals surface area contributed by atoms with Crippen molar-refractivity contribution in [2.75, 3.05) is 13.0 Å². The summed E-state index contributed by atoms with van der Waals surface area (Å²) in [5.74, 6) is 2.47. The van der Waals surface area contributed by atoms with Crippen LogP contribution < -0.4 is 4.74 Å². The Kier molecular flexibility index (Phi) is 3.57. The zero-order chi connectivity index (χ0) is 12.4. The average molecular weight is 253 g/mol. The smallest absolute Gasteiger partial charge is 0.121 e. The van der Waals surface area contributed by atoms with Crippen LogP contribution in [-0.2, 0) is 6.42 Å². The van der Waals surface area contributed by atoms with Crippen molar-refractivity contribution in [2.45, 2.75) is 26.3 Å². The second-order valence-corrected chi connectivity index (χ2v) is 4.66. The minimum atomic E-state index is 0.381. The number of fused-ring (bicyclic) bond motifs is 1. The van der Waals surface area contributed by atoms with Gasteiger partial charge in [-0.05, 0) is 26.0 Å². The molecular formula is C13H17ClN2O. The van der Waals surface area contributed by atoms with Gasteiger partial charge in [-0.3, -0.25) is 0 Å². The van der Waals surface area contributed by atoms with Crippen LogP contribution in [0.25, 0.3) is 11.0 Å². The van der Waals surface area contributed by atoms with Gasteiger partial charge in [-0.1, -0.05) is 0 Å². The van der Waals surface area contributed by atoms with Crippen molar-refractivity contribution >= 4 is 22.6 Å². The van der Waals surface area contributed by atoms with Crippen LogP contribution >= 0.6 is 11.6 Å². The number of hydrogen-bond donors (Lipinski definition) is 0. The Hall–Kier alpha value is -1.22. The molecule has 0 aliphatic rings. The van der Waals surface area contributed by atoms with E-state index in [1.807, 2.05) is 12.1 Å². The first-order chi connectivity index (χ1) is 8.17. The van der Waals surface area contributed by atoms with Gasteiger partial charge >= 0.3 is 0 Å². The Balaban J connectivity index is 2.61. The first-order valence-electron chi connectivity index (χ1n) is 5.78. The second-order valence-electron chi connectivity index (χ2n) is 4.29. The molecule has 0 radical (unpaired) electrons. The highest BCUT2D eigenvalue weighted by Crippen LogP contribution is 2.25. The van der Waals surface area contributed by atoms with Gasteiger partial charge in [0.15, 0.2) is 0 Å². The van der Waals surface area contributed by atoms with Crippen LogP contribution in [0.4, 0.5) is 0 Å². The third-order valence-corrected chi connectivity index (χ3v) is 2.99. The van der Waals surface area contributed by atoms with Crippen molar-refractivity contribution in [2.24, 2.45) is 0 Å². The summed E-state index contributed by atoms with van der Waals surface area (Å²) in [5, 5.41) is 0. The Bertz CT molecular complexity index is 519. The maximum atomic E-state index is 5.82. The number of imidazole rings is 1. The fraction of sp³-hybridized carbons (Fsp3) is 0.462. The van der Waals surface area contributed by atoms with Gasteiger partial charge in [0.1, 0.15) is 11.6 Å². The molecule has 0 saturated heterocycles. The molecule has 3 nitrogen and oxygen atoms in total. The van der Waals surface area contributed by atoms with Crippen molar-refractivity contribution in [3.05, 3.63) is 24.0 Å². The number of aromatic nitrogens is 2. The highest BCUT2D eigenvalue weighted by atomic mass is 35.5. The molecule has 0 fully saturated rings. The van der Waals surface area contributed by atoms with Crippen LogP contribution in [0.5, 0.6) is 5.75 Å². The SMILES string of the molecule is COc1ccc2c(c1)nc(CCCl)n2C(C)C. The maximum Gasteiger partial charge on any atom is 0.121 e. The number of ether oxygens (including phenoxy) is 1. The van der Waals surface area contributed by atoms with E-state index in [1.54, 1.807) is 7.11 Å². The number of alkyl halides is 1. The molecule has 0 atom stereocenters. The van der Waals surface area contributed by atoms with Crippen LogP contribution in [0, 0.1) is 0 Å². The number of hydrogen-bond acceptors (Lipinski definition) is 2. The zero-order valence-corrected chi connectivity index (χ0v) is 11.2. The molecule has 1 heterocycles. The molecule has 1 aromatic carbocycles. The van der Waals surface area contributed by atoms with E-state index in [0.29, 0.717) is 11.9 Å². The van der Waals surface area contributed by atoms with Crippen molar-refractivity contribution in [3.63, 3.8) is 0 Å². The lowest BCUT2D eigenvalue weighted by Crippen LogP contribution is -2.06. The number of rotatable bonds is 4. The zero-order valence-electron chi connectivity index (χ0n) is 10.4. The predicted octanol–water partition coefficient (Wildman–Crippen LogP) is 3.41. The van der Waals surface area contributed by atoms with Gasteiger partial charge in [0.05, 0.1) is 18.1 Å². The molecule has 0 N–H and O–H groups in total. The summed E-state index contributed by atoms with van der Waals surface area (Å²) in [5.41, 5.74) is 2.11. The van der Waals surface area contributed by atoms with Crippen LogP contribution in [0.3, 0.4) is 0 Å². The van der Waals surface area contributed by atoms with Crippen LogP contribution in [0.1, 0.15) is 25.7 Å². The second kappa shape index (κ2) is 4.96. The summed E-state index contributed by atoms with van der Waals surface area (Å²) in [4.78, 5) is 4.63. The fourth-order valence-electron chi connectivity index (χ4n) is 2.09. The Morgan fingerprint density at radius 3 is 2.76 bits per heavy atom. The molecule has 0 aliphatic carbocycles. The maximum absolute atomic E-state index is 5.82. The quantitative estimate of drug-likeness (QED) is 0.780. The van der Waals surface area contributed by atoms with E-state index in [1.165, 1.54) is 0 Å². The summed E-state index contributed by atoms with van der Waals surface area (Å²) in [6.45, 7) is 4.31. The standard InChI is InChI=1S/C13H17ClN2O/c1-9(2)16-12-5-4-10(17-3)8-11(12)15-13(16)6-7-14/h4-5,8-9H,6-7H2,1-3H3. The Morgan fingerprint density at radius 2 is 2.18 bits per heavy atom. The largest absolute Gasteiger partial charge is 0.497 e. The molecule has 4 heteroatoms. The van der Waals surface area contributed by atoms with Crippen molar-refractivity contribution in [1.29, 1.82) is 0 Å². The van der Waals surface area contributed by atoms with E-state index in [-0.39, 0.29) is 0 Å². The molecule has 17 heavy (non-hydrogen) atoms. The molecule has 1 aromatic heterocycles. The topological polar surface area (TPSA) is 27.1 Å². The lowest BCUT2D eigenvalue weighted by molar-refractivity contribution is 0.415. The van der Waals surface area contributed by atoms with Crippen molar-refractivity contribution in [3.8, 4) is 5.75 Å². The highest BCUT2D eigenvalue weighted by molar-refractivity contribution is 6.17. The summed E-state index contributed by atoms with van der Waals surface area (Å²) in [6.07, 6.45) is 0.788. The third-order valence-electron chi connectivity index (χ3n) is 2.80. The predicted molar refractivity (Wildman–Crippen MR) is 71.1 cm³/mol. The van der Waals surface area contributed by atoms with E-state index in [4.69, 9.17) is 16.3 Å². The average Bonchev–Trinajstić information content (AvgIpc) is 2.66. The lowest BCUT2D eigenvalue weighted by Gasteiger charge is -2.12. The lowest BCUT2D eigenvalue weighted by atomic mass is 10.2. The van der Waals surface area contributed by atoms with Crippen LogP contribution in [-0.4, -0.2) is 22.5 Å². The number of aryl methyl sites for hydroxylation is 1. The Morgan fingerprint density at radius 1 is 1.41 bits per heavy atom. The van der Waals surface area contributed by atoms with Gasteiger partial charge in [-0.2, -0.15) is 0 Å².